The van der Waals surface area contributed by atoms with Crippen LogP contribution in [0.1, 0.15) is 94.2 Å². The summed E-state index contributed by atoms with van der Waals surface area (Å²) in [6.07, 6.45) is 19.4. The second-order valence-electron chi connectivity index (χ2n) is 13.5. The van der Waals surface area contributed by atoms with E-state index in [1.165, 1.54) is 90.8 Å². The van der Waals surface area contributed by atoms with Gasteiger partial charge in [-0.2, -0.15) is 0 Å². The van der Waals surface area contributed by atoms with E-state index in [-0.39, 0.29) is 0 Å². The van der Waals surface area contributed by atoms with Gasteiger partial charge in [-0.1, -0.05) is 120 Å². The van der Waals surface area contributed by atoms with E-state index in [9.17, 15) is 0 Å². The quantitative estimate of drug-likeness (QED) is 0.173. The first kappa shape index (κ1) is 34.2. The Kier molecular flexibility index (Phi) is 10.3. The predicted molar refractivity (Wildman–Crippen MR) is 220 cm³/mol. The van der Waals surface area contributed by atoms with Gasteiger partial charge in [0, 0.05) is 29.2 Å². The van der Waals surface area contributed by atoms with Crippen molar-refractivity contribution in [3.8, 4) is 27.9 Å². The number of nitrogens with zero attached hydrogens (tertiary/aromatic N) is 2. The lowest BCUT2D eigenvalue weighted by Gasteiger charge is -2.23. The summed E-state index contributed by atoms with van der Waals surface area (Å²) in [4.78, 5) is 4.48. The number of fused-ring (bicyclic) bond motifs is 3. The van der Waals surface area contributed by atoms with E-state index >= 15 is 0 Å². The van der Waals surface area contributed by atoms with Gasteiger partial charge in [0.2, 0.25) is 0 Å². The first-order chi connectivity index (χ1) is 25.2. The van der Waals surface area contributed by atoms with Crippen molar-refractivity contribution in [1.82, 2.24) is 9.55 Å². The molecular weight excluding hydrogens is 617 g/mol. The number of pyridine rings is 1. The summed E-state index contributed by atoms with van der Waals surface area (Å²) < 4.78 is 2.44. The van der Waals surface area contributed by atoms with Crippen molar-refractivity contribution in [2.75, 3.05) is 0 Å². The van der Waals surface area contributed by atoms with Gasteiger partial charge in [0.1, 0.15) is 0 Å². The van der Waals surface area contributed by atoms with E-state index in [2.05, 4.69) is 150 Å². The van der Waals surface area contributed by atoms with E-state index in [1.807, 2.05) is 33.9 Å². The lowest BCUT2D eigenvalue weighted by molar-refractivity contribution is 0.758. The molecule has 3 aliphatic rings. The van der Waals surface area contributed by atoms with Gasteiger partial charge in [0.05, 0.1) is 5.52 Å². The molecule has 0 amide bonds. The van der Waals surface area contributed by atoms with Crippen LogP contribution < -0.4 is 0 Å². The van der Waals surface area contributed by atoms with Crippen LogP contribution in [-0.2, 0) is 6.42 Å². The number of aryl methyl sites for hydroxylation is 1. The highest BCUT2D eigenvalue weighted by molar-refractivity contribution is 5.91. The summed E-state index contributed by atoms with van der Waals surface area (Å²) in [5, 5.41) is 1.37. The van der Waals surface area contributed by atoms with Crippen LogP contribution in [0.3, 0.4) is 0 Å². The highest BCUT2D eigenvalue weighted by Crippen LogP contribution is 2.46. The van der Waals surface area contributed by atoms with Gasteiger partial charge in [-0.3, -0.25) is 4.98 Å². The number of hydrogen-bond donors (Lipinski definition) is 0. The predicted octanol–water partition coefficient (Wildman–Crippen LogP) is 13.8. The fourth-order valence-corrected chi connectivity index (χ4v) is 7.78. The minimum absolute atomic E-state index is 0.500. The molecule has 2 heterocycles. The maximum Gasteiger partial charge on any atom is 0.0537 e. The summed E-state index contributed by atoms with van der Waals surface area (Å²) >= 11 is 0. The van der Waals surface area contributed by atoms with Gasteiger partial charge in [0.25, 0.3) is 0 Å². The van der Waals surface area contributed by atoms with Crippen LogP contribution in [-0.4, -0.2) is 9.55 Å². The number of para-hydroxylation sites is 1. The van der Waals surface area contributed by atoms with E-state index in [0.29, 0.717) is 11.8 Å². The third-order valence-electron chi connectivity index (χ3n) is 10.4. The molecule has 256 valence electrons. The molecule has 1 fully saturated rings. The van der Waals surface area contributed by atoms with Crippen molar-refractivity contribution in [3.63, 3.8) is 0 Å². The number of rotatable bonds is 6. The second-order valence-corrected chi connectivity index (χ2v) is 13.5. The van der Waals surface area contributed by atoms with Gasteiger partial charge in [0.15, 0.2) is 0 Å². The maximum atomic E-state index is 4.48. The molecule has 4 aromatic carbocycles. The molecule has 0 spiro atoms. The number of allylic oxidation sites excluding steroid dienone is 5. The normalized spacial score (nSPS) is 16.2. The Balaban J connectivity index is 0.000000983. The SMILES string of the molecule is CC.CC.CC1CC=C(c2cccc(-c3cccc(-c4cccc(-n5c6c(c7ccccc75)CCC=C6)c4)c3)c2)C=C1c1ccncc1C1CC1. The standard InChI is InChI=1S/C45H38N2.2C2H6/c1-30-19-20-37(28-42(30)39-23-24-46-29-43(39)31-21-22-31)35-12-7-10-33(26-35)32-9-6-11-34(25-32)36-13-8-14-38(27-36)47-44-17-4-2-15-40(44)41-16-3-5-18-45(41)47;2*1-2/h2,4-15,17-18,20,23-31H,3,16,19,21-22H2,1H3;2*1-2H3. The molecule has 2 heteroatoms. The van der Waals surface area contributed by atoms with Gasteiger partial charge in [-0.15, -0.1) is 0 Å². The molecule has 0 radical (unpaired) electrons. The lowest BCUT2D eigenvalue weighted by atomic mass is 9.82. The second kappa shape index (κ2) is 15.4. The van der Waals surface area contributed by atoms with E-state index in [0.717, 1.165) is 19.3 Å². The number of aromatic nitrogens is 2. The summed E-state index contributed by atoms with van der Waals surface area (Å²) in [6.45, 7) is 10.4. The minimum atomic E-state index is 0.500. The number of benzene rings is 4. The van der Waals surface area contributed by atoms with Crippen LogP contribution in [0.4, 0.5) is 0 Å². The maximum absolute atomic E-state index is 4.48. The third-order valence-corrected chi connectivity index (χ3v) is 10.4. The smallest absolute Gasteiger partial charge is 0.0537 e. The Labute approximate surface area is 304 Å². The Morgan fingerprint density at radius 3 is 2.12 bits per heavy atom. The van der Waals surface area contributed by atoms with Crippen molar-refractivity contribution in [2.24, 2.45) is 5.92 Å². The van der Waals surface area contributed by atoms with Crippen LogP contribution in [0.2, 0.25) is 0 Å². The third kappa shape index (κ3) is 6.80. The van der Waals surface area contributed by atoms with E-state index in [1.54, 1.807) is 0 Å². The average molecular weight is 667 g/mol. The zero-order chi connectivity index (χ0) is 35.3. The molecule has 3 aliphatic carbocycles. The van der Waals surface area contributed by atoms with Crippen molar-refractivity contribution in [2.45, 2.75) is 72.6 Å². The Bertz CT molecular complexity index is 2250. The van der Waals surface area contributed by atoms with Crippen LogP contribution in [0.25, 0.3) is 56.1 Å². The molecule has 1 unspecified atom stereocenters. The average Bonchev–Trinajstić information content (AvgIpc) is 4.01. The van der Waals surface area contributed by atoms with E-state index in [4.69, 9.17) is 0 Å². The van der Waals surface area contributed by atoms with Gasteiger partial charge in [-0.25, -0.2) is 0 Å². The highest BCUT2D eigenvalue weighted by Gasteiger charge is 2.29. The zero-order valence-corrected chi connectivity index (χ0v) is 30.9. The fourth-order valence-electron chi connectivity index (χ4n) is 7.78. The largest absolute Gasteiger partial charge is 0.310 e. The monoisotopic (exact) mass is 666 g/mol. The molecule has 2 nitrogen and oxygen atoms in total. The van der Waals surface area contributed by atoms with Crippen LogP contribution >= 0.6 is 0 Å². The van der Waals surface area contributed by atoms with Crippen molar-refractivity contribution in [1.29, 1.82) is 0 Å². The van der Waals surface area contributed by atoms with Crippen LogP contribution in [0.5, 0.6) is 0 Å². The van der Waals surface area contributed by atoms with Crippen molar-refractivity contribution < 1.29 is 0 Å². The summed E-state index contributed by atoms with van der Waals surface area (Å²) in [7, 11) is 0. The minimum Gasteiger partial charge on any atom is -0.310 e. The van der Waals surface area contributed by atoms with Gasteiger partial charge < -0.3 is 4.57 Å². The molecular formula is C49H50N2. The summed E-state index contributed by atoms with van der Waals surface area (Å²) in [6, 6.07) is 38.2. The van der Waals surface area contributed by atoms with Gasteiger partial charge >= 0.3 is 0 Å². The Morgan fingerprint density at radius 2 is 1.37 bits per heavy atom. The lowest BCUT2D eigenvalue weighted by Crippen LogP contribution is -2.06. The first-order valence-corrected chi connectivity index (χ1v) is 19.2. The summed E-state index contributed by atoms with van der Waals surface area (Å²) in [5.41, 5.74) is 17.1. The van der Waals surface area contributed by atoms with Crippen molar-refractivity contribution in [3.05, 3.63) is 162 Å². The zero-order valence-electron chi connectivity index (χ0n) is 30.9. The van der Waals surface area contributed by atoms with Gasteiger partial charge in [-0.05, 0) is 142 Å². The Morgan fingerprint density at radius 1 is 0.706 bits per heavy atom. The molecule has 0 aliphatic heterocycles. The van der Waals surface area contributed by atoms with E-state index < -0.39 is 0 Å². The highest BCUT2D eigenvalue weighted by atomic mass is 15.0. The molecule has 51 heavy (non-hydrogen) atoms. The topological polar surface area (TPSA) is 17.8 Å². The molecule has 0 bridgehead atoms. The van der Waals surface area contributed by atoms with Crippen LogP contribution in [0, 0.1) is 5.92 Å². The molecule has 2 aromatic heterocycles. The molecule has 0 saturated heterocycles. The summed E-state index contributed by atoms with van der Waals surface area (Å²) in [5.74, 6) is 1.18. The number of hydrogen-bond acceptors (Lipinski definition) is 1. The molecule has 1 atom stereocenters. The van der Waals surface area contributed by atoms with Crippen LogP contribution in [0.15, 0.2) is 134 Å². The molecule has 9 rings (SSSR count). The molecule has 0 N–H and O–H groups in total. The first-order valence-electron chi connectivity index (χ1n) is 19.2. The molecule has 1 saturated carbocycles. The van der Waals surface area contributed by atoms with Crippen molar-refractivity contribution >= 4 is 28.1 Å². The fraction of sp³-hybridized carbons (Fsp3) is 0.245. The molecule has 6 aromatic rings. The Hall–Kier alpha value is -5.21.